The number of H-pyrrole nitrogens is 1. The first-order valence-electron chi connectivity index (χ1n) is 6.73. The SMILES string of the molecule is Cc1cccc([N+](=O)[O-])c1-c1nc(N2CCC(N)C2)n[nH]1. The molecule has 0 amide bonds. The van der Waals surface area contributed by atoms with E-state index in [2.05, 4.69) is 15.2 Å². The summed E-state index contributed by atoms with van der Waals surface area (Å²) in [5, 5.41) is 18.1. The van der Waals surface area contributed by atoms with Gasteiger partial charge in [0.05, 0.1) is 10.5 Å². The van der Waals surface area contributed by atoms with Crippen molar-refractivity contribution < 1.29 is 4.92 Å². The van der Waals surface area contributed by atoms with Crippen molar-refractivity contribution in [2.45, 2.75) is 19.4 Å². The highest BCUT2D eigenvalue weighted by molar-refractivity contribution is 5.72. The Hall–Kier alpha value is -2.48. The van der Waals surface area contributed by atoms with Gasteiger partial charge in [-0.3, -0.25) is 15.2 Å². The van der Waals surface area contributed by atoms with Crippen molar-refractivity contribution >= 4 is 11.6 Å². The molecular weight excluding hydrogens is 272 g/mol. The number of rotatable bonds is 3. The maximum atomic E-state index is 11.2. The fourth-order valence-corrected chi connectivity index (χ4v) is 2.59. The fraction of sp³-hybridized carbons (Fsp3) is 0.385. The van der Waals surface area contributed by atoms with Gasteiger partial charge in [0.2, 0.25) is 5.95 Å². The summed E-state index contributed by atoms with van der Waals surface area (Å²) >= 11 is 0. The average molecular weight is 288 g/mol. The van der Waals surface area contributed by atoms with Crippen LogP contribution in [0.2, 0.25) is 0 Å². The summed E-state index contributed by atoms with van der Waals surface area (Å²) in [6, 6.07) is 5.07. The number of nitrogens with one attached hydrogen (secondary N) is 1. The van der Waals surface area contributed by atoms with Crippen LogP contribution in [0.4, 0.5) is 11.6 Å². The highest BCUT2D eigenvalue weighted by atomic mass is 16.6. The third-order valence-corrected chi connectivity index (χ3v) is 3.67. The summed E-state index contributed by atoms with van der Waals surface area (Å²) in [4.78, 5) is 17.1. The lowest BCUT2D eigenvalue weighted by atomic mass is 10.1. The lowest BCUT2D eigenvalue weighted by Crippen LogP contribution is -2.26. The molecule has 1 aromatic heterocycles. The van der Waals surface area contributed by atoms with Crippen LogP contribution in [0, 0.1) is 17.0 Å². The van der Waals surface area contributed by atoms with E-state index in [0.29, 0.717) is 23.9 Å². The Morgan fingerprint density at radius 3 is 3.00 bits per heavy atom. The average Bonchev–Trinajstić information content (AvgIpc) is 3.07. The maximum absolute atomic E-state index is 11.2. The van der Waals surface area contributed by atoms with Gasteiger partial charge in [0.25, 0.3) is 5.69 Å². The number of hydrogen-bond acceptors (Lipinski definition) is 6. The number of nitrogens with two attached hydrogens (primary N) is 1. The van der Waals surface area contributed by atoms with Crippen molar-refractivity contribution in [1.29, 1.82) is 0 Å². The molecule has 8 heteroatoms. The molecule has 0 aliphatic carbocycles. The number of anilines is 1. The number of aromatic amines is 1. The molecule has 1 fully saturated rings. The molecule has 0 bridgehead atoms. The minimum Gasteiger partial charge on any atom is -0.338 e. The zero-order valence-corrected chi connectivity index (χ0v) is 11.6. The van der Waals surface area contributed by atoms with Gasteiger partial charge in [-0.05, 0) is 18.9 Å². The molecule has 1 atom stereocenters. The molecule has 0 radical (unpaired) electrons. The van der Waals surface area contributed by atoms with Crippen molar-refractivity contribution in [3.05, 3.63) is 33.9 Å². The van der Waals surface area contributed by atoms with Crippen LogP contribution in [-0.4, -0.2) is 39.2 Å². The predicted molar refractivity (Wildman–Crippen MR) is 78.0 cm³/mol. The number of nitro benzene ring substituents is 1. The first-order valence-corrected chi connectivity index (χ1v) is 6.73. The summed E-state index contributed by atoms with van der Waals surface area (Å²) in [5.74, 6) is 0.950. The van der Waals surface area contributed by atoms with E-state index in [1.807, 2.05) is 17.9 Å². The maximum Gasteiger partial charge on any atom is 0.280 e. The van der Waals surface area contributed by atoms with Gasteiger partial charge in [0, 0.05) is 25.2 Å². The molecule has 1 unspecified atom stereocenters. The molecular formula is C13H16N6O2. The molecule has 1 aliphatic heterocycles. The zero-order chi connectivity index (χ0) is 15.0. The van der Waals surface area contributed by atoms with E-state index in [4.69, 9.17) is 5.73 Å². The Morgan fingerprint density at radius 1 is 1.52 bits per heavy atom. The molecule has 1 aromatic carbocycles. The van der Waals surface area contributed by atoms with E-state index >= 15 is 0 Å². The van der Waals surface area contributed by atoms with Crippen LogP contribution in [0.15, 0.2) is 18.2 Å². The van der Waals surface area contributed by atoms with Gasteiger partial charge >= 0.3 is 0 Å². The van der Waals surface area contributed by atoms with Crippen molar-refractivity contribution in [2.75, 3.05) is 18.0 Å². The molecule has 1 aliphatic rings. The second kappa shape index (κ2) is 5.13. The van der Waals surface area contributed by atoms with Crippen LogP contribution in [0.1, 0.15) is 12.0 Å². The van der Waals surface area contributed by atoms with Gasteiger partial charge in [-0.25, -0.2) is 0 Å². The summed E-state index contributed by atoms with van der Waals surface area (Å²) in [6.07, 6.45) is 0.897. The minimum absolute atomic E-state index is 0.0239. The Kier molecular flexibility index (Phi) is 3.30. The number of aryl methyl sites for hydroxylation is 1. The lowest BCUT2D eigenvalue weighted by molar-refractivity contribution is -0.384. The van der Waals surface area contributed by atoms with Crippen LogP contribution in [0.3, 0.4) is 0 Å². The molecule has 0 saturated carbocycles. The standard InChI is InChI=1S/C13H16N6O2/c1-8-3-2-4-10(19(20)21)11(8)12-15-13(17-16-12)18-6-5-9(14)7-18/h2-4,9H,5-7,14H2,1H3,(H,15,16,17). The van der Waals surface area contributed by atoms with Crippen molar-refractivity contribution in [1.82, 2.24) is 15.2 Å². The molecule has 0 spiro atoms. The number of benzene rings is 1. The molecule has 1 saturated heterocycles. The van der Waals surface area contributed by atoms with E-state index in [-0.39, 0.29) is 11.7 Å². The zero-order valence-electron chi connectivity index (χ0n) is 11.6. The van der Waals surface area contributed by atoms with Crippen molar-refractivity contribution in [3.63, 3.8) is 0 Å². The van der Waals surface area contributed by atoms with Crippen LogP contribution >= 0.6 is 0 Å². The molecule has 3 rings (SSSR count). The molecule has 3 N–H and O–H groups in total. The molecule has 8 nitrogen and oxygen atoms in total. The Morgan fingerprint density at radius 2 is 2.33 bits per heavy atom. The lowest BCUT2D eigenvalue weighted by Gasteiger charge is -2.11. The Labute approximate surface area is 121 Å². The van der Waals surface area contributed by atoms with Crippen molar-refractivity contribution in [3.8, 4) is 11.4 Å². The third kappa shape index (κ3) is 2.45. The van der Waals surface area contributed by atoms with Crippen LogP contribution in [0.25, 0.3) is 11.4 Å². The molecule has 2 heterocycles. The number of nitro groups is 1. The summed E-state index contributed by atoms with van der Waals surface area (Å²) in [6.45, 7) is 3.32. The quantitative estimate of drug-likeness (QED) is 0.648. The predicted octanol–water partition coefficient (Wildman–Crippen LogP) is 1.23. The van der Waals surface area contributed by atoms with E-state index in [9.17, 15) is 10.1 Å². The molecule has 21 heavy (non-hydrogen) atoms. The smallest absolute Gasteiger partial charge is 0.280 e. The van der Waals surface area contributed by atoms with Gasteiger partial charge in [-0.2, -0.15) is 4.98 Å². The van der Waals surface area contributed by atoms with Gasteiger partial charge < -0.3 is 10.6 Å². The number of nitrogens with zero attached hydrogens (tertiary/aromatic N) is 4. The van der Waals surface area contributed by atoms with E-state index in [0.717, 1.165) is 18.5 Å². The molecule has 2 aromatic rings. The van der Waals surface area contributed by atoms with Crippen molar-refractivity contribution in [2.24, 2.45) is 5.73 Å². The second-order valence-corrected chi connectivity index (χ2v) is 5.20. The Bertz CT molecular complexity index is 683. The largest absolute Gasteiger partial charge is 0.338 e. The van der Waals surface area contributed by atoms with E-state index in [1.165, 1.54) is 6.07 Å². The first kappa shape index (κ1) is 13.5. The second-order valence-electron chi connectivity index (χ2n) is 5.20. The van der Waals surface area contributed by atoms with Crippen LogP contribution < -0.4 is 10.6 Å². The van der Waals surface area contributed by atoms with Gasteiger partial charge in [-0.1, -0.05) is 12.1 Å². The van der Waals surface area contributed by atoms with Gasteiger partial charge in [-0.15, -0.1) is 5.10 Å². The van der Waals surface area contributed by atoms with E-state index in [1.54, 1.807) is 6.07 Å². The summed E-state index contributed by atoms with van der Waals surface area (Å²) < 4.78 is 0. The number of hydrogen-bond donors (Lipinski definition) is 2. The molecule has 110 valence electrons. The highest BCUT2D eigenvalue weighted by Crippen LogP contribution is 2.31. The number of aromatic nitrogens is 3. The van der Waals surface area contributed by atoms with Crippen LogP contribution in [0.5, 0.6) is 0 Å². The van der Waals surface area contributed by atoms with Gasteiger partial charge in [0.1, 0.15) is 0 Å². The Balaban J connectivity index is 1.99. The van der Waals surface area contributed by atoms with Crippen LogP contribution in [-0.2, 0) is 0 Å². The first-order chi connectivity index (χ1) is 10.1. The summed E-state index contributed by atoms with van der Waals surface area (Å²) in [7, 11) is 0. The monoisotopic (exact) mass is 288 g/mol. The highest BCUT2D eigenvalue weighted by Gasteiger charge is 2.25. The third-order valence-electron chi connectivity index (χ3n) is 3.67. The fourth-order valence-electron chi connectivity index (χ4n) is 2.59. The van der Waals surface area contributed by atoms with Gasteiger partial charge in [0.15, 0.2) is 5.82 Å². The topological polar surface area (TPSA) is 114 Å². The normalized spacial score (nSPS) is 18.2. The van der Waals surface area contributed by atoms with E-state index < -0.39 is 4.92 Å². The summed E-state index contributed by atoms with van der Waals surface area (Å²) in [5.41, 5.74) is 7.15. The minimum atomic E-state index is -0.406.